The van der Waals surface area contributed by atoms with Gasteiger partial charge in [-0.05, 0) is 47.5 Å². The van der Waals surface area contributed by atoms with E-state index in [-0.39, 0.29) is 23.7 Å². The molecule has 3 nitrogen and oxygen atoms in total. The number of ketones is 2. The van der Waals surface area contributed by atoms with Crippen LogP contribution in [0.3, 0.4) is 0 Å². The van der Waals surface area contributed by atoms with E-state index in [0.29, 0.717) is 10.0 Å². The number of rotatable bonds is 6. The molecule has 0 saturated carbocycles. The Bertz CT molecular complexity index is 806. The summed E-state index contributed by atoms with van der Waals surface area (Å²) in [6.07, 6.45) is 5.65. The topological polar surface area (TPSA) is 54.4 Å². The van der Waals surface area contributed by atoms with E-state index in [4.69, 9.17) is 23.2 Å². The average molecular weight is 361 g/mol. The summed E-state index contributed by atoms with van der Waals surface area (Å²) >= 11 is 11.7. The summed E-state index contributed by atoms with van der Waals surface area (Å²) in [6.45, 7) is 0. The lowest BCUT2D eigenvalue weighted by Crippen LogP contribution is -2.01. The molecule has 2 aromatic rings. The van der Waals surface area contributed by atoms with E-state index in [1.54, 1.807) is 42.5 Å². The maximum atomic E-state index is 11.8. The molecule has 0 spiro atoms. The van der Waals surface area contributed by atoms with E-state index < -0.39 is 0 Å². The third-order valence-electron chi connectivity index (χ3n) is 3.11. The Morgan fingerprint density at radius 1 is 0.833 bits per heavy atom. The van der Waals surface area contributed by atoms with Crippen molar-refractivity contribution in [2.75, 3.05) is 0 Å². The first-order chi connectivity index (χ1) is 11.4. The van der Waals surface area contributed by atoms with Crippen molar-refractivity contribution in [1.82, 2.24) is 0 Å². The maximum Gasteiger partial charge on any atom is 0.163 e. The molecular formula is C19H14Cl2O3. The molecule has 0 unspecified atom stereocenters. The van der Waals surface area contributed by atoms with Crippen LogP contribution >= 0.6 is 23.2 Å². The molecule has 0 aliphatic rings. The second kappa shape index (κ2) is 8.48. The van der Waals surface area contributed by atoms with Crippen molar-refractivity contribution in [3.05, 3.63) is 75.8 Å². The van der Waals surface area contributed by atoms with E-state index in [2.05, 4.69) is 0 Å². The molecule has 1 N–H and O–H groups in total. The highest BCUT2D eigenvalue weighted by molar-refractivity contribution is 6.42. The Kier molecular flexibility index (Phi) is 6.36. The Labute approximate surface area is 149 Å². The third kappa shape index (κ3) is 5.69. The summed E-state index contributed by atoms with van der Waals surface area (Å²) in [6, 6.07) is 11.4. The van der Waals surface area contributed by atoms with Gasteiger partial charge >= 0.3 is 0 Å². The smallest absolute Gasteiger partial charge is 0.163 e. The normalized spacial score (nSPS) is 11.2. The summed E-state index contributed by atoms with van der Waals surface area (Å²) in [7, 11) is 0. The van der Waals surface area contributed by atoms with Gasteiger partial charge < -0.3 is 5.11 Å². The number of halogens is 2. The Morgan fingerprint density at radius 3 is 1.96 bits per heavy atom. The van der Waals surface area contributed by atoms with Gasteiger partial charge in [0.2, 0.25) is 0 Å². The number of phenolic OH excluding ortho intramolecular Hbond substituents is 1. The van der Waals surface area contributed by atoms with Crippen LogP contribution in [0.5, 0.6) is 5.75 Å². The lowest BCUT2D eigenvalue weighted by molar-refractivity contribution is -0.121. The lowest BCUT2D eigenvalue weighted by Gasteiger charge is -1.97. The molecular weight excluding hydrogens is 347 g/mol. The van der Waals surface area contributed by atoms with E-state index in [1.807, 2.05) is 0 Å². The fourth-order valence-corrected chi connectivity index (χ4v) is 2.18. The van der Waals surface area contributed by atoms with Gasteiger partial charge in [-0.3, -0.25) is 9.59 Å². The predicted octanol–water partition coefficient (Wildman–Crippen LogP) is 4.95. The highest BCUT2D eigenvalue weighted by Crippen LogP contribution is 2.23. The second-order valence-corrected chi connectivity index (χ2v) is 5.86. The molecule has 122 valence electrons. The van der Waals surface area contributed by atoms with Crippen molar-refractivity contribution < 1.29 is 14.7 Å². The van der Waals surface area contributed by atoms with Crippen LogP contribution in [0.15, 0.2) is 54.6 Å². The van der Waals surface area contributed by atoms with Gasteiger partial charge in [-0.2, -0.15) is 0 Å². The molecule has 24 heavy (non-hydrogen) atoms. The van der Waals surface area contributed by atoms with Gasteiger partial charge in [0.25, 0.3) is 0 Å². The zero-order chi connectivity index (χ0) is 17.5. The summed E-state index contributed by atoms with van der Waals surface area (Å²) < 4.78 is 0. The average Bonchev–Trinajstić information content (AvgIpc) is 2.55. The lowest BCUT2D eigenvalue weighted by atomic mass is 10.1. The molecule has 0 radical (unpaired) electrons. The summed E-state index contributed by atoms with van der Waals surface area (Å²) in [5, 5.41) is 10.0. The molecule has 0 heterocycles. The highest BCUT2D eigenvalue weighted by Gasteiger charge is 2.04. The van der Waals surface area contributed by atoms with Crippen molar-refractivity contribution in [2.24, 2.45) is 0 Å². The van der Waals surface area contributed by atoms with Crippen LogP contribution in [0.1, 0.15) is 17.5 Å². The van der Waals surface area contributed by atoms with Crippen molar-refractivity contribution in [2.45, 2.75) is 6.42 Å². The van der Waals surface area contributed by atoms with Crippen molar-refractivity contribution in [1.29, 1.82) is 0 Å². The predicted molar refractivity (Wildman–Crippen MR) is 97.3 cm³/mol. The van der Waals surface area contributed by atoms with Gasteiger partial charge in [-0.1, -0.05) is 53.6 Å². The maximum absolute atomic E-state index is 11.8. The molecule has 0 aliphatic carbocycles. The molecule has 2 aromatic carbocycles. The van der Waals surface area contributed by atoms with Crippen LogP contribution in [0.2, 0.25) is 10.0 Å². The molecule has 0 bridgehead atoms. The minimum atomic E-state index is -0.304. The molecule has 0 amide bonds. The Balaban J connectivity index is 1.91. The monoisotopic (exact) mass is 360 g/mol. The van der Waals surface area contributed by atoms with E-state index in [9.17, 15) is 14.7 Å². The highest BCUT2D eigenvalue weighted by atomic mass is 35.5. The van der Waals surface area contributed by atoms with Gasteiger partial charge in [0, 0.05) is 0 Å². The number of benzene rings is 2. The van der Waals surface area contributed by atoms with Crippen LogP contribution in [-0.2, 0) is 9.59 Å². The summed E-state index contributed by atoms with van der Waals surface area (Å²) in [5.74, 6) is -0.450. The molecule has 0 aromatic heterocycles. The number of allylic oxidation sites excluding steroid dienone is 2. The van der Waals surface area contributed by atoms with Crippen molar-refractivity contribution in [3.63, 3.8) is 0 Å². The Hall–Kier alpha value is -2.36. The van der Waals surface area contributed by atoms with Gasteiger partial charge in [-0.15, -0.1) is 0 Å². The first-order valence-electron chi connectivity index (χ1n) is 7.10. The number of aromatic hydroxyl groups is 1. The first-order valence-corrected chi connectivity index (χ1v) is 7.85. The van der Waals surface area contributed by atoms with Crippen LogP contribution in [-0.4, -0.2) is 16.7 Å². The fourth-order valence-electron chi connectivity index (χ4n) is 1.87. The summed E-state index contributed by atoms with van der Waals surface area (Å²) in [5.41, 5.74) is 1.49. The number of hydrogen-bond acceptors (Lipinski definition) is 3. The molecule has 0 fully saturated rings. The van der Waals surface area contributed by atoms with Crippen molar-refractivity contribution in [3.8, 4) is 5.75 Å². The molecule has 0 atom stereocenters. The zero-order valence-corrected chi connectivity index (χ0v) is 14.1. The van der Waals surface area contributed by atoms with Gasteiger partial charge in [-0.25, -0.2) is 0 Å². The quantitative estimate of drug-likeness (QED) is 0.585. The second-order valence-electron chi connectivity index (χ2n) is 5.04. The van der Waals surface area contributed by atoms with Crippen LogP contribution in [0, 0.1) is 0 Å². The largest absolute Gasteiger partial charge is 0.508 e. The van der Waals surface area contributed by atoms with Gasteiger partial charge in [0.05, 0.1) is 16.5 Å². The third-order valence-corrected chi connectivity index (χ3v) is 3.85. The van der Waals surface area contributed by atoms with Gasteiger partial charge in [0.15, 0.2) is 11.6 Å². The van der Waals surface area contributed by atoms with Crippen LogP contribution < -0.4 is 0 Å². The van der Waals surface area contributed by atoms with Gasteiger partial charge in [0.1, 0.15) is 5.75 Å². The van der Waals surface area contributed by atoms with Crippen LogP contribution in [0.4, 0.5) is 0 Å². The number of hydrogen-bond donors (Lipinski definition) is 1. The fraction of sp³-hybridized carbons (Fsp3) is 0.0526. The SMILES string of the molecule is O=C(C=Cc1ccc(O)cc1)CC(=O)C=Cc1ccc(Cl)c(Cl)c1. The minimum absolute atomic E-state index is 0.154. The Morgan fingerprint density at radius 2 is 1.38 bits per heavy atom. The molecule has 2 rings (SSSR count). The zero-order valence-electron chi connectivity index (χ0n) is 12.6. The first kappa shape index (κ1) is 18.0. The number of carbonyl (C=O) groups is 2. The van der Waals surface area contributed by atoms with Crippen LogP contribution in [0.25, 0.3) is 12.2 Å². The minimum Gasteiger partial charge on any atom is -0.508 e. The molecule has 0 saturated heterocycles. The number of carbonyl (C=O) groups excluding carboxylic acids is 2. The standard InChI is InChI=1S/C19H14Cl2O3/c20-18-10-5-14(11-19(18)21)4-9-17(24)12-16(23)8-3-13-1-6-15(22)7-2-13/h1-11,22H,12H2. The van der Waals surface area contributed by atoms with E-state index in [1.165, 1.54) is 24.3 Å². The molecule has 5 heteroatoms. The van der Waals surface area contributed by atoms with E-state index in [0.717, 1.165) is 11.1 Å². The number of phenols is 1. The van der Waals surface area contributed by atoms with Crippen molar-refractivity contribution >= 4 is 46.9 Å². The van der Waals surface area contributed by atoms with E-state index >= 15 is 0 Å². The summed E-state index contributed by atoms with van der Waals surface area (Å²) in [4.78, 5) is 23.6. The molecule has 0 aliphatic heterocycles.